The lowest BCUT2D eigenvalue weighted by atomic mass is 10.1. The molecule has 0 spiro atoms. The number of hydrogen-bond donors (Lipinski definition) is 2. The van der Waals surface area contributed by atoms with Crippen molar-refractivity contribution >= 4 is 11.3 Å². The molecule has 0 saturated heterocycles. The minimum absolute atomic E-state index is 0.141. The zero-order chi connectivity index (χ0) is 8.55. The molecule has 1 fully saturated rings. The lowest BCUT2D eigenvalue weighted by molar-refractivity contribution is 0.285. The smallest absolute Gasteiger partial charge is 0.0774 e. The fourth-order valence-corrected chi connectivity index (χ4v) is 2.17. The average Bonchev–Trinajstić information content (AvgIpc) is 2.82. The molecule has 1 atom stereocenters. The van der Waals surface area contributed by atoms with Crippen LogP contribution in [0.1, 0.15) is 29.3 Å². The topological polar surface area (TPSA) is 46.2 Å². The first-order chi connectivity index (χ1) is 5.81. The van der Waals surface area contributed by atoms with E-state index in [4.69, 9.17) is 10.8 Å². The van der Waals surface area contributed by atoms with Crippen LogP contribution in [0.5, 0.6) is 0 Å². The van der Waals surface area contributed by atoms with E-state index in [1.54, 1.807) is 11.3 Å². The number of thiophene rings is 1. The summed E-state index contributed by atoms with van der Waals surface area (Å²) in [4.78, 5) is 1.01. The summed E-state index contributed by atoms with van der Waals surface area (Å²) in [5, 5.41) is 10.9. The Bertz CT molecular complexity index is 267. The summed E-state index contributed by atoms with van der Waals surface area (Å²) < 4.78 is 0. The molecule has 66 valence electrons. The summed E-state index contributed by atoms with van der Waals surface area (Å²) in [5.74, 6) is 0.700. The molecule has 3 heteroatoms. The average molecular weight is 183 g/mol. The second-order valence-electron chi connectivity index (χ2n) is 3.37. The van der Waals surface area contributed by atoms with Crippen LogP contribution in [0.2, 0.25) is 0 Å². The van der Waals surface area contributed by atoms with Gasteiger partial charge in [0, 0.05) is 10.9 Å². The molecule has 0 amide bonds. The van der Waals surface area contributed by atoms with Crippen molar-refractivity contribution in [2.24, 2.45) is 11.7 Å². The highest BCUT2D eigenvalue weighted by Gasteiger charge is 2.29. The molecule has 2 rings (SSSR count). The lowest BCUT2D eigenvalue weighted by Crippen LogP contribution is -2.10. The van der Waals surface area contributed by atoms with Gasteiger partial charge in [-0.25, -0.2) is 0 Å². The number of aliphatic hydroxyl groups is 1. The first-order valence-electron chi connectivity index (χ1n) is 4.25. The molecule has 1 aliphatic rings. The minimum Gasteiger partial charge on any atom is -0.391 e. The summed E-state index contributed by atoms with van der Waals surface area (Å²) in [6.45, 7) is 0.141. The minimum atomic E-state index is 0.141. The zero-order valence-electron chi connectivity index (χ0n) is 6.86. The molecule has 1 aromatic heterocycles. The normalized spacial score (nSPS) is 19.5. The maximum Gasteiger partial charge on any atom is 0.0774 e. The molecule has 3 N–H and O–H groups in total. The van der Waals surface area contributed by atoms with E-state index in [0.29, 0.717) is 5.92 Å². The van der Waals surface area contributed by atoms with Crippen LogP contribution < -0.4 is 5.73 Å². The van der Waals surface area contributed by atoms with Crippen molar-refractivity contribution in [2.75, 3.05) is 0 Å². The molecule has 2 nitrogen and oxygen atoms in total. The van der Waals surface area contributed by atoms with Crippen LogP contribution in [0.15, 0.2) is 11.4 Å². The van der Waals surface area contributed by atoms with Gasteiger partial charge in [-0.1, -0.05) is 0 Å². The molecule has 0 radical (unpaired) electrons. The third-order valence-electron chi connectivity index (χ3n) is 2.34. The number of nitrogens with two attached hydrogens (primary N) is 1. The highest BCUT2D eigenvalue weighted by atomic mass is 32.1. The van der Waals surface area contributed by atoms with Crippen molar-refractivity contribution in [3.05, 3.63) is 21.9 Å². The Kier molecular flexibility index (Phi) is 2.17. The van der Waals surface area contributed by atoms with Gasteiger partial charge in [-0.05, 0) is 35.8 Å². The molecule has 0 aromatic carbocycles. The second-order valence-corrected chi connectivity index (χ2v) is 4.36. The van der Waals surface area contributed by atoms with Crippen molar-refractivity contribution in [2.45, 2.75) is 25.5 Å². The molecule has 1 aromatic rings. The van der Waals surface area contributed by atoms with Gasteiger partial charge in [0.2, 0.25) is 0 Å². The van der Waals surface area contributed by atoms with E-state index in [1.165, 1.54) is 18.4 Å². The molecule has 0 unspecified atom stereocenters. The van der Waals surface area contributed by atoms with Gasteiger partial charge in [-0.3, -0.25) is 0 Å². The van der Waals surface area contributed by atoms with Crippen molar-refractivity contribution < 1.29 is 5.11 Å². The standard InChI is InChI=1S/C9H13NOS/c10-9(6-1-2-6)7-3-8(4-11)12-5-7/h3,5-6,9,11H,1-2,4,10H2/t9-/m0/s1. The van der Waals surface area contributed by atoms with Crippen molar-refractivity contribution in [1.29, 1.82) is 0 Å². The summed E-state index contributed by atoms with van der Waals surface area (Å²) in [6, 6.07) is 2.23. The van der Waals surface area contributed by atoms with E-state index in [2.05, 4.69) is 5.38 Å². The Balaban J connectivity index is 2.10. The van der Waals surface area contributed by atoms with E-state index < -0.39 is 0 Å². The van der Waals surface area contributed by atoms with Gasteiger partial charge in [0.25, 0.3) is 0 Å². The van der Waals surface area contributed by atoms with Crippen molar-refractivity contribution in [3.8, 4) is 0 Å². The SMILES string of the molecule is N[C@H](c1csc(CO)c1)C1CC1. The fourth-order valence-electron chi connectivity index (χ4n) is 1.38. The van der Waals surface area contributed by atoms with E-state index >= 15 is 0 Å². The molecule has 12 heavy (non-hydrogen) atoms. The Morgan fingerprint density at radius 1 is 1.67 bits per heavy atom. The van der Waals surface area contributed by atoms with Crippen molar-refractivity contribution in [3.63, 3.8) is 0 Å². The molecule has 0 aliphatic heterocycles. The summed E-state index contributed by atoms with van der Waals surface area (Å²) in [6.07, 6.45) is 2.54. The van der Waals surface area contributed by atoms with Crippen LogP contribution in [0.4, 0.5) is 0 Å². The second kappa shape index (κ2) is 3.17. The number of hydrogen-bond acceptors (Lipinski definition) is 3. The maximum absolute atomic E-state index is 8.86. The Hall–Kier alpha value is -0.380. The van der Waals surface area contributed by atoms with Gasteiger partial charge in [-0.2, -0.15) is 0 Å². The van der Waals surface area contributed by atoms with E-state index in [9.17, 15) is 0 Å². The Labute approximate surface area is 76.0 Å². The van der Waals surface area contributed by atoms with Crippen LogP contribution >= 0.6 is 11.3 Å². The molecular formula is C9H13NOS. The Morgan fingerprint density at radius 2 is 2.42 bits per heavy atom. The quantitative estimate of drug-likeness (QED) is 0.748. The van der Waals surface area contributed by atoms with Gasteiger partial charge < -0.3 is 10.8 Å². The van der Waals surface area contributed by atoms with Gasteiger partial charge in [0.1, 0.15) is 0 Å². The third-order valence-corrected chi connectivity index (χ3v) is 3.28. The van der Waals surface area contributed by atoms with E-state index in [1.807, 2.05) is 6.07 Å². The first kappa shape index (κ1) is 8.23. The maximum atomic E-state index is 8.86. The van der Waals surface area contributed by atoms with E-state index in [-0.39, 0.29) is 12.6 Å². The number of aliphatic hydroxyl groups excluding tert-OH is 1. The third kappa shape index (κ3) is 1.53. The molecule has 0 bridgehead atoms. The molecular weight excluding hydrogens is 170 g/mol. The molecule has 1 saturated carbocycles. The van der Waals surface area contributed by atoms with Crippen LogP contribution in [0, 0.1) is 5.92 Å². The number of rotatable bonds is 3. The highest BCUT2D eigenvalue weighted by molar-refractivity contribution is 7.10. The predicted octanol–water partition coefficient (Wildman–Crippen LogP) is 1.65. The van der Waals surface area contributed by atoms with E-state index in [0.717, 1.165) is 4.88 Å². The van der Waals surface area contributed by atoms with Crippen LogP contribution in [0.3, 0.4) is 0 Å². The fraction of sp³-hybridized carbons (Fsp3) is 0.556. The van der Waals surface area contributed by atoms with Crippen LogP contribution in [0.25, 0.3) is 0 Å². The Morgan fingerprint density at radius 3 is 2.92 bits per heavy atom. The van der Waals surface area contributed by atoms with Gasteiger partial charge >= 0.3 is 0 Å². The summed E-state index contributed by atoms with van der Waals surface area (Å²) in [5.41, 5.74) is 7.19. The molecule has 1 aliphatic carbocycles. The monoisotopic (exact) mass is 183 g/mol. The van der Waals surface area contributed by atoms with Gasteiger partial charge in [0.15, 0.2) is 0 Å². The zero-order valence-corrected chi connectivity index (χ0v) is 7.68. The van der Waals surface area contributed by atoms with Crippen molar-refractivity contribution in [1.82, 2.24) is 0 Å². The predicted molar refractivity (Wildman–Crippen MR) is 49.9 cm³/mol. The lowest BCUT2D eigenvalue weighted by Gasteiger charge is -2.06. The van der Waals surface area contributed by atoms with Gasteiger partial charge in [0.05, 0.1) is 6.61 Å². The van der Waals surface area contributed by atoms with Crippen LogP contribution in [-0.4, -0.2) is 5.11 Å². The highest BCUT2D eigenvalue weighted by Crippen LogP contribution is 2.40. The largest absolute Gasteiger partial charge is 0.391 e. The summed E-state index contributed by atoms with van der Waals surface area (Å²) in [7, 11) is 0. The molecule has 1 heterocycles. The summed E-state index contributed by atoms with van der Waals surface area (Å²) >= 11 is 1.59. The first-order valence-corrected chi connectivity index (χ1v) is 5.13. The van der Waals surface area contributed by atoms with Crippen LogP contribution in [-0.2, 0) is 6.61 Å². The van der Waals surface area contributed by atoms with Gasteiger partial charge in [-0.15, -0.1) is 11.3 Å².